The molecule has 21 heavy (non-hydrogen) atoms. The van der Waals surface area contributed by atoms with Crippen molar-refractivity contribution in [2.75, 3.05) is 0 Å². The number of aromatic nitrogens is 1. The molecule has 1 fully saturated rings. The smallest absolute Gasteiger partial charge is 0.162 e. The van der Waals surface area contributed by atoms with Crippen LogP contribution in [0.1, 0.15) is 24.2 Å². The highest BCUT2D eigenvalue weighted by Gasteiger charge is 2.20. The molecule has 3 rings (SSSR count). The molecule has 110 valence electrons. The lowest BCUT2D eigenvalue weighted by atomic mass is 10.3. The van der Waals surface area contributed by atoms with Crippen LogP contribution in [-0.4, -0.2) is 11.0 Å². The molecule has 1 N–H and O–H groups in total. The number of rotatable bonds is 6. The Balaban J connectivity index is 1.58. The minimum atomic E-state index is -0.914. The van der Waals surface area contributed by atoms with E-state index < -0.39 is 11.6 Å². The molecular weight excluding hydrogens is 274 g/mol. The SMILES string of the molecule is Fc1ccc(OCc2cccc(CNC3CC3)n2)cc1F. The van der Waals surface area contributed by atoms with Crippen LogP contribution in [0, 0.1) is 11.6 Å². The summed E-state index contributed by atoms with van der Waals surface area (Å²) in [7, 11) is 0. The fourth-order valence-electron chi connectivity index (χ4n) is 1.97. The number of hydrogen-bond donors (Lipinski definition) is 1. The largest absolute Gasteiger partial charge is 0.487 e. The van der Waals surface area contributed by atoms with Gasteiger partial charge in [-0.1, -0.05) is 6.07 Å². The van der Waals surface area contributed by atoms with Crippen molar-refractivity contribution >= 4 is 0 Å². The molecule has 1 aliphatic carbocycles. The van der Waals surface area contributed by atoms with Gasteiger partial charge in [0.25, 0.3) is 0 Å². The minimum Gasteiger partial charge on any atom is -0.487 e. The molecule has 0 atom stereocenters. The first-order valence-electron chi connectivity index (χ1n) is 6.97. The summed E-state index contributed by atoms with van der Waals surface area (Å²) >= 11 is 0. The zero-order valence-electron chi connectivity index (χ0n) is 11.5. The summed E-state index contributed by atoms with van der Waals surface area (Å²) in [6.45, 7) is 0.964. The molecule has 2 aromatic rings. The lowest BCUT2D eigenvalue weighted by Gasteiger charge is -2.08. The van der Waals surface area contributed by atoms with E-state index >= 15 is 0 Å². The molecule has 0 unspecified atom stereocenters. The van der Waals surface area contributed by atoms with Crippen LogP contribution < -0.4 is 10.1 Å². The minimum absolute atomic E-state index is 0.225. The van der Waals surface area contributed by atoms with Gasteiger partial charge in [-0.3, -0.25) is 4.98 Å². The van der Waals surface area contributed by atoms with Crippen molar-refractivity contribution in [1.29, 1.82) is 0 Å². The molecular formula is C16H16F2N2O. The summed E-state index contributed by atoms with van der Waals surface area (Å²) in [5.74, 6) is -1.51. The molecule has 0 bridgehead atoms. The summed E-state index contributed by atoms with van der Waals surface area (Å²) in [5.41, 5.74) is 1.71. The maximum absolute atomic E-state index is 13.1. The molecule has 5 heteroatoms. The number of benzene rings is 1. The predicted octanol–water partition coefficient (Wildman–Crippen LogP) is 3.19. The first-order valence-corrected chi connectivity index (χ1v) is 6.97. The van der Waals surface area contributed by atoms with Gasteiger partial charge in [-0.2, -0.15) is 0 Å². The number of pyridine rings is 1. The number of halogens is 2. The summed E-state index contributed by atoms with van der Waals surface area (Å²) < 4.78 is 31.3. The molecule has 0 amide bonds. The van der Waals surface area contributed by atoms with Gasteiger partial charge in [0.15, 0.2) is 11.6 Å². The van der Waals surface area contributed by atoms with Crippen molar-refractivity contribution in [2.24, 2.45) is 0 Å². The van der Waals surface area contributed by atoms with Gasteiger partial charge in [0.1, 0.15) is 12.4 Å². The lowest BCUT2D eigenvalue weighted by molar-refractivity contribution is 0.298. The van der Waals surface area contributed by atoms with E-state index in [1.807, 2.05) is 18.2 Å². The molecule has 1 saturated carbocycles. The van der Waals surface area contributed by atoms with E-state index in [0.717, 1.165) is 30.1 Å². The van der Waals surface area contributed by atoms with E-state index in [4.69, 9.17) is 4.74 Å². The van der Waals surface area contributed by atoms with Crippen LogP contribution in [0.2, 0.25) is 0 Å². The standard InChI is InChI=1S/C16H16F2N2O/c17-15-7-6-14(8-16(15)18)21-10-13-3-1-2-12(20-13)9-19-11-4-5-11/h1-3,6-8,11,19H,4-5,9-10H2. The fourth-order valence-corrected chi connectivity index (χ4v) is 1.97. The van der Waals surface area contributed by atoms with Crippen LogP contribution in [0.15, 0.2) is 36.4 Å². The highest BCUT2D eigenvalue weighted by molar-refractivity contribution is 5.24. The van der Waals surface area contributed by atoms with Gasteiger partial charge in [0.2, 0.25) is 0 Å². The van der Waals surface area contributed by atoms with Gasteiger partial charge in [-0.25, -0.2) is 8.78 Å². The quantitative estimate of drug-likeness (QED) is 0.887. The van der Waals surface area contributed by atoms with Crippen LogP contribution >= 0.6 is 0 Å². The Morgan fingerprint density at radius 3 is 2.67 bits per heavy atom. The number of nitrogens with one attached hydrogen (secondary N) is 1. The van der Waals surface area contributed by atoms with Crippen LogP contribution in [0.25, 0.3) is 0 Å². The number of nitrogens with zero attached hydrogens (tertiary/aromatic N) is 1. The van der Waals surface area contributed by atoms with E-state index in [9.17, 15) is 8.78 Å². The first-order chi connectivity index (χ1) is 10.2. The third-order valence-electron chi connectivity index (χ3n) is 3.29. The van der Waals surface area contributed by atoms with Gasteiger partial charge in [-0.15, -0.1) is 0 Å². The lowest BCUT2D eigenvalue weighted by Crippen LogP contribution is -2.16. The van der Waals surface area contributed by atoms with Crippen LogP contribution in [0.4, 0.5) is 8.78 Å². The molecule has 1 aromatic heterocycles. The summed E-state index contributed by atoms with van der Waals surface area (Å²) in [6, 6.07) is 9.84. The normalized spacial score (nSPS) is 14.2. The van der Waals surface area contributed by atoms with Crippen LogP contribution in [-0.2, 0) is 13.2 Å². The predicted molar refractivity (Wildman–Crippen MR) is 74.8 cm³/mol. The Bertz CT molecular complexity index is 629. The molecule has 0 saturated heterocycles. The molecule has 1 aromatic carbocycles. The van der Waals surface area contributed by atoms with E-state index in [0.29, 0.717) is 6.04 Å². The van der Waals surface area contributed by atoms with Crippen molar-refractivity contribution in [3.63, 3.8) is 0 Å². The van der Waals surface area contributed by atoms with E-state index in [2.05, 4.69) is 10.3 Å². The third kappa shape index (κ3) is 3.98. The third-order valence-corrected chi connectivity index (χ3v) is 3.29. The number of ether oxygens (including phenoxy) is 1. The van der Waals surface area contributed by atoms with Gasteiger partial charge in [0.05, 0.1) is 11.4 Å². The molecule has 3 nitrogen and oxygen atoms in total. The Labute approximate surface area is 122 Å². The average Bonchev–Trinajstić information content (AvgIpc) is 3.31. The fraction of sp³-hybridized carbons (Fsp3) is 0.312. The van der Waals surface area contributed by atoms with E-state index in [1.165, 1.54) is 18.9 Å². The van der Waals surface area contributed by atoms with Crippen molar-refractivity contribution in [3.05, 3.63) is 59.4 Å². The van der Waals surface area contributed by atoms with Gasteiger partial charge < -0.3 is 10.1 Å². The summed E-state index contributed by atoms with van der Waals surface area (Å²) in [6.07, 6.45) is 2.47. The van der Waals surface area contributed by atoms with Gasteiger partial charge in [0, 0.05) is 18.7 Å². The Morgan fingerprint density at radius 2 is 1.90 bits per heavy atom. The average molecular weight is 290 g/mol. The van der Waals surface area contributed by atoms with Crippen molar-refractivity contribution in [3.8, 4) is 5.75 Å². The second-order valence-electron chi connectivity index (χ2n) is 5.14. The Kier molecular flexibility index (Phi) is 4.10. The first kappa shape index (κ1) is 13.9. The number of hydrogen-bond acceptors (Lipinski definition) is 3. The molecule has 0 spiro atoms. The van der Waals surface area contributed by atoms with E-state index in [-0.39, 0.29) is 12.4 Å². The van der Waals surface area contributed by atoms with Crippen LogP contribution in [0.3, 0.4) is 0 Å². The van der Waals surface area contributed by atoms with Crippen molar-refractivity contribution in [2.45, 2.75) is 32.0 Å². The maximum atomic E-state index is 13.1. The second kappa shape index (κ2) is 6.18. The van der Waals surface area contributed by atoms with Crippen molar-refractivity contribution < 1.29 is 13.5 Å². The maximum Gasteiger partial charge on any atom is 0.162 e. The second-order valence-corrected chi connectivity index (χ2v) is 5.14. The van der Waals surface area contributed by atoms with Gasteiger partial charge in [-0.05, 0) is 37.1 Å². The Hall–Kier alpha value is -2.01. The van der Waals surface area contributed by atoms with E-state index in [1.54, 1.807) is 0 Å². The molecule has 0 radical (unpaired) electrons. The Morgan fingerprint density at radius 1 is 1.10 bits per heavy atom. The highest BCUT2D eigenvalue weighted by atomic mass is 19.2. The monoisotopic (exact) mass is 290 g/mol. The topological polar surface area (TPSA) is 34.1 Å². The molecule has 0 aliphatic heterocycles. The zero-order valence-corrected chi connectivity index (χ0v) is 11.5. The summed E-state index contributed by atoms with van der Waals surface area (Å²) in [4.78, 5) is 4.47. The summed E-state index contributed by atoms with van der Waals surface area (Å²) in [5, 5.41) is 3.39. The van der Waals surface area contributed by atoms with Gasteiger partial charge >= 0.3 is 0 Å². The molecule has 1 heterocycles. The van der Waals surface area contributed by atoms with Crippen molar-refractivity contribution in [1.82, 2.24) is 10.3 Å². The zero-order chi connectivity index (χ0) is 14.7. The molecule has 1 aliphatic rings. The highest BCUT2D eigenvalue weighted by Crippen LogP contribution is 2.19. The van der Waals surface area contributed by atoms with Crippen LogP contribution in [0.5, 0.6) is 5.75 Å².